The average Bonchev–Trinajstić information content (AvgIpc) is 2.50. The van der Waals surface area contributed by atoms with Gasteiger partial charge in [-0.3, -0.25) is 4.79 Å². The van der Waals surface area contributed by atoms with Crippen LogP contribution in [0, 0.1) is 0 Å². The highest BCUT2D eigenvalue weighted by molar-refractivity contribution is 7.98. The molecule has 5 heteroatoms. The van der Waals surface area contributed by atoms with Crippen molar-refractivity contribution >= 4 is 40.9 Å². The maximum atomic E-state index is 12.1. The summed E-state index contributed by atoms with van der Waals surface area (Å²) < 4.78 is 0. The maximum absolute atomic E-state index is 12.1. The Morgan fingerprint density at radius 2 is 1.78 bits per heavy atom. The summed E-state index contributed by atoms with van der Waals surface area (Å²) in [6, 6.07) is 6.09. The van der Waals surface area contributed by atoms with Crippen LogP contribution in [0.15, 0.2) is 18.2 Å². The van der Waals surface area contributed by atoms with Crippen LogP contribution >= 0.6 is 35.0 Å². The van der Waals surface area contributed by atoms with Gasteiger partial charge in [-0.15, -0.1) is 0 Å². The number of carbonyl (C=O) groups excluding carboxylic acids is 1. The number of rotatable bonds is 6. The smallest absolute Gasteiger partial charge is 0.221 e. The summed E-state index contributed by atoms with van der Waals surface area (Å²) in [5.41, 5.74) is 1.14. The Hall–Kier alpha value is -0.380. The monoisotopic (exact) mass is 373 g/mol. The third-order valence-electron chi connectivity index (χ3n) is 4.20. The zero-order chi connectivity index (χ0) is 16.5. The fourth-order valence-electron chi connectivity index (χ4n) is 2.88. The first-order valence-electron chi connectivity index (χ1n) is 8.46. The second-order valence-corrected chi connectivity index (χ2v) is 8.08. The quantitative estimate of drug-likeness (QED) is 0.633. The minimum absolute atomic E-state index is 0.192. The van der Waals surface area contributed by atoms with Crippen LogP contribution in [0.3, 0.4) is 0 Å². The molecule has 0 saturated heterocycles. The molecule has 0 radical (unpaired) electrons. The molecule has 2 rings (SSSR count). The van der Waals surface area contributed by atoms with Gasteiger partial charge in [0.2, 0.25) is 5.91 Å². The van der Waals surface area contributed by atoms with Gasteiger partial charge in [0.25, 0.3) is 0 Å². The summed E-state index contributed by atoms with van der Waals surface area (Å²) in [5, 5.41) is 4.38. The summed E-state index contributed by atoms with van der Waals surface area (Å²) >= 11 is 13.7. The number of hydrogen-bond acceptors (Lipinski definition) is 2. The number of thioether (sulfide) groups is 1. The van der Waals surface area contributed by atoms with E-state index < -0.39 is 0 Å². The third-order valence-corrected chi connectivity index (χ3v) is 5.97. The molecular formula is C18H25Cl2NOS. The van der Waals surface area contributed by atoms with Gasteiger partial charge in [-0.1, -0.05) is 61.4 Å². The van der Waals surface area contributed by atoms with E-state index in [1.165, 1.54) is 32.1 Å². The lowest BCUT2D eigenvalue weighted by molar-refractivity contribution is -0.121. The lowest BCUT2D eigenvalue weighted by atomic mass is 9.97. The van der Waals surface area contributed by atoms with Gasteiger partial charge in [-0.25, -0.2) is 0 Å². The molecule has 1 fully saturated rings. The molecule has 0 aromatic heterocycles. The van der Waals surface area contributed by atoms with Crippen molar-refractivity contribution in [3.63, 3.8) is 0 Å². The summed E-state index contributed by atoms with van der Waals surface area (Å²) in [4.78, 5) is 12.1. The highest BCUT2D eigenvalue weighted by Crippen LogP contribution is 2.25. The second-order valence-electron chi connectivity index (χ2n) is 6.16. The Morgan fingerprint density at radius 3 is 2.48 bits per heavy atom. The van der Waals surface area contributed by atoms with Crippen LogP contribution < -0.4 is 5.32 Å². The number of amides is 1. The molecule has 0 aliphatic heterocycles. The van der Waals surface area contributed by atoms with E-state index in [4.69, 9.17) is 23.2 Å². The molecule has 23 heavy (non-hydrogen) atoms. The highest BCUT2D eigenvalue weighted by atomic mass is 35.5. The lowest BCUT2D eigenvalue weighted by Crippen LogP contribution is -2.35. The first kappa shape index (κ1) is 19.0. The topological polar surface area (TPSA) is 29.1 Å². The first-order chi connectivity index (χ1) is 11.1. The van der Waals surface area contributed by atoms with E-state index in [1.54, 1.807) is 11.8 Å². The molecule has 1 aromatic rings. The Labute approximate surface area is 153 Å². The largest absolute Gasteiger partial charge is 0.353 e. The molecule has 1 N–H and O–H groups in total. The molecule has 2 nitrogen and oxygen atoms in total. The SMILES string of the molecule is O=C(CCSCc1ccc(Cl)c(Cl)c1)NC1CCCCCCC1. The average molecular weight is 374 g/mol. The van der Waals surface area contributed by atoms with Crippen molar-refractivity contribution in [2.45, 2.75) is 63.2 Å². The standard InChI is InChI=1S/C18H25Cl2NOS/c19-16-9-8-14(12-17(16)20)13-23-11-10-18(22)21-15-6-4-2-1-3-5-7-15/h8-9,12,15H,1-7,10-11,13H2,(H,21,22). The van der Waals surface area contributed by atoms with Crippen molar-refractivity contribution in [1.29, 1.82) is 0 Å². The number of halogens is 2. The Kier molecular flexibility index (Phi) is 8.63. The molecule has 1 aliphatic rings. The fourth-order valence-corrected chi connectivity index (χ4v) is 4.09. The number of carbonyl (C=O) groups is 1. The summed E-state index contributed by atoms with van der Waals surface area (Å²) in [6.07, 6.45) is 9.34. The second kappa shape index (κ2) is 10.5. The molecule has 1 aromatic carbocycles. The number of hydrogen-bond donors (Lipinski definition) is 1. The van der Waals surface area contributed by atoms with E-state index >= 15 is 0 Å². The van der Waals surface area contributed by atoms with E-state index in [-0.39, 0.29) is 5.91 Å². The lowest BCUT2D eigenvalue weighted by Gasteiger charge is -2.21. The van der Waals surface area contributed by atoms with Crippen molar-refractivity contribution in [3.8, 4) is 0 Å². The van der Waals surface area contributed by atoms with Gasteiger partial charge < -0.3 is 5.32 Å². The summed E-state index contributed by atoms with van der Waals surface area (Å²) in [6.45, 7) is 0. The van der Waals surface area contributed by atoms with Crippen molar-refractivity contribution in [2.75, 3.05) is 5.75 Å². The van der Waals surface area contributed by atoms with Crippen molar-refractivity contribution < 1.29 is 4.79 Å². The fraction of sp³-hybridized carbons (Fsp3) is 0.611. The normalized spacial score (nSPS) is 16.6. The van der Waals surface area contributed by atoms with Crippen LogP contribution in [0.5, 0.6) is 0 Å². The third kappa shape index (κ3) is 7.36. The first-order valence-corrected chi connectivity index (χ1v) is 10.4. The summed E-state index contributed by atoms with van der Waals surface area (Å²) in [5.74, 6) is 1.88. The van der Waals surface area contributed by atoms with Crippen molar-refractivity contribution in [3.05, 3.63) is 33.8 Å². The van der Waals surface area contributed by atoms with Gasteiger partial charge in [0.05, 0.1) is 10.0 Å². The van der Waals surface area contributed by atoms with Gasteiger partial charge in [-0.2, -0.15) is 11.8 Å². The molecule has 0 spiro atoms. The highest BCUT2D eigenvalue weighted by Gasteiger charge is 2.13. The van der Waals surface area contributed by atoms with Gasteiger partial charge >= 0.3 is 0 Å². The van der Waals surface area contributed by atoms with Crippen LogP contribution in [0.4, 0.5) is 0 Å². The zero-order valence-electron chi connectivity index (χ0n) is 13.5. The minimum atomic E-state index is 0.192. The number of benzene rings is 1. The van der Waals surface area contributed by atoms with Crippen LogP contribution in [-0.4, -0.2) is 17.7 Å². The Morgan fingerprint density at radius 1 is 1.09 bits per heavy atom. The molecule has 1 aliphatic carbocycles. The van der Waals surface area contributed by atoms with Crippen LogP contribution in [0.25, 0.3) is 0 Å². The van der Waals surface area contributed by atoms with E-state index in [0.29, 0.717) is 22.5 Å². The molecule has 0 heterocycles. The molecular weight excluding hydrogens is 349 g/mol. The van der Waals surface area contributed by atoms with Crippen LogP contribution in [0.2, 0.25) is 10.0 Å². The molecule has 128 valence electrons. The molecule has 0 bridgehead atoms. The van der Waals surface area contributed by atoms with E-state index in [2.05, 4.69) is 5.32 Å². The van der Waals surface area contributed by atoms with Crippen molar-refractivity contribution in [1.82, 2.24) is 5.32 Å². The van der Waals surface area contributed by atoms with E-state index in [9.17, 15) is 4.79 Å². The minimum Gasteiger partial charge on any atom is -0.353 e. The van der Waals surface area contributed by atoms with Gasteiger partial charge in [-0.05, 0) is 30.5 Å². The maximum Gasteiger partial charge on any atom is 0.221 e. The number of nitrogens with one attached hydrogen (secondary N) is 1. The molecule has 1 amide bonds. The summed E-state index contributed by atoms with van der Waals surface area (Å²) in [7, 11) is 0. The zero-order valence-corrected chi connectivity index (χ0v) is 15.8. The van der Waals surface area contributed by atoms with Crippen molar-refractivity contribution in [2.24, 2.45) is 0 Å². The Bertz CT molecular complexity index is 502. The van der Waals surface area contributed by atoms with Gasteiger partial charge in [0.1, 0.15) is 0 Å². The van der Waals surface area contributed by atoms with Gasteiger partial charge in [0, 0.05) is 24.0 Å². The van der Waals surface area contributed by atoms with Gasteiger partial charge in [0.15, 0.2) is 0 Å². The predicted octanol–water partition coefficient (Wildman–Crippen LogP) is 5.85. The van der Waals surface area contributed by atoms with Crippen LogP contribution in [0.1, 0.15) is 56.9 Å². The molecule has 0 unspecified atom stereocenters. The predicted molar refractivity (Wildman–Crippen MR) is 101 cm³/mol. The van der Waals surface area contributed by atoms with E-state index in [1.807, 2.05) is 18.2 Å². The molecule has 0 atom stereocenters. The van der Waals surface area contributed by atoms with Crippen LogP contribution in [-0.2, 0) is 10.5 Å². The van der Waals surface area contributed by atoms with E-state index in [0.717, 1.165) is 29.9 Å². The Balaban J connectivity index is 1.63. The molecule has 1 saturated carbocycles.